The van der Waals surface area contributed by atoms with Gasteiger partial charge in [-0.3, -0.25) is 4.79 Å². The van der Waals surface area contributed by atoms with Crippen molar-refractivity contribution >= 4 is 34.8 Å². The lowest BCUT2D eigenvalue weighted by molar-refractivity contribution is 0.0594. The third-order valence-corrected chi connectivity index (χ3v) is 4.73. The molecule has 134 valence electrons. The Morgan fingerprint density at radius 2 is 2.12 bits per heavy atom. The fourth-order valence-corrected chi connectivity index (χ4v) is 3.32. The van der Waals surface area contributed by atoms with Crippen molar-refractivity contribution in [1.82, 2.24) is 9.88 Å². The summed E-state index contributed by atoms with van der Waals surface area (Å²) in [7, 11) is 1.32. The summed E-state index contributed by atoms with van der Waals surface area (Å²) < 4.78 is 4.67. The number of methoxy groups -OCH3 is 1. The van der Waals surface area contributed by atoms with E-state index in [4.69, 9.17) is 11.6 Å². The smallest absolute Gasteiger partial charge is 0.357 e. The Kier molecular flexibility index (Phi) is 7.40. The Labute approximate surface area is 156 Å². The van der Waals surface area contributed by atoms with Gasteiger partial charge < -0.3 is 9.64 Å². The number of hydrogen-bond acceptors (Lipinski definition) is 5. The van der Waals surface area contributed by atoms with Gasteiger partial charge in [0.15, 0.2) is 5.69 Å². The number of esters is 1. The van der Waals surface area contributed by atoms with Gasteiger partial charge in [-0.2, -0.15) is 0 Å². The van der Waals surface area contributed by atoms with Gasteiger partial charge in [-0.25, -0.2) is 9.78 Å². The van der Waals surface area contributed by atoms with E-state index in [-0.39, 0.29) is 11.6 Å². The minimum atomic E-state index is -0.471. The molecular weight excluding hydrogens is 360 g/mol. The van der Waals surface area contributed by atoms with Crippen molar-refractivity contribution in [3.63, 3.8) is 0 Å². The summed E-state index contributed by atoms with van der Waals surface area (Å²) in [6.07, 6.45) is 3.03. The molecule has 5 nitrogen and oxygen atoms in total. The van der Waals surface area contributed by atoms with Gasteiger partial charge in [0.25, 0.3) is 5.91 Å². The van der Waals surface area contributed by atoms with Crippen LogP contribution in [-0.4, -0.2) is 35.4 Å². The van der Waals surface area contributed by atoms with E-state index in [1.165, 1.54) is 18.4 Å². The highest BCUT2D eigenvalue weighted by molar-refractivity contribution is 7.09. The molecule has 1 aromatic heterocycles. The van der Waals surface area contributed by atoms with Crippen LogP contribution in [-0.2, 0) is 11.3 Å². The summed E-state index contributed by atoms with van der Waals surface area (Å²) in [6.45, 7) is 3.11. The number of benzene rings is 1. The van der Waals surface area contributed by atoms with Crippen molar-refractivity contribution in [3.8, 4) is 0 Å². The Morgan fingerprint density at radius 3 is 2.80 bits per heavy atom. The summed E-state index contributed by atoms with van der Waals surface area (Å²) >= 11 is 7.35. The van der Waals surface area contributed by atoms with Crippen LogP contribution in [0.3, 0.4) is 0 Å². The zero-order valence-electron chi connectivity index (χ0n) is 14.3. The molecule has 0 atom stereocenters. The minimum Gasteiger partial charge on any atom is -0.464 e. The van der Waals surface area contributed by atoms with E-state index >= 15 is 0 Å². The maximum atomic E-state index is 12.8. The average Bonchev–Trinajstić information content (AvgIpc) is 3.08. The highest BCUT2D eigenvalue weighted by Crippen LogP contribution is 2.18. The predicted octanol–water partition coefficient (Wildman–Crippen LogP) is 4.42. The zero-order valence-corrected chi connectivity index (χ0v) is 15.9. The van der Waals surface area contributed by atoms with Crippen LogP contribution < -0.4 is 0 Å². The third-order valence-electron chi connectivity index (χ3n) is 3.66. The second kappa shape index (κ2) is 9.53. The average molecular weight is 381 g/mol. The molecule has 1 aromatic carbocycles. The lowest BCUT2D eigenvalue weighted by Gasteiger charge is -2.22. The molecule has 0 N–H and O–H groups in total. The number of amides is 1. The molecule has 0 unspecified atom stereocenters. The first-order chi connectivity index (χ1) is 12.0. The van der Waals surface area contributed by atoms with Crippen molar-refractivity contribution in [2.24, 2.45) is 0 Å². The van der Waals surface area contributed by atoms with E-state index < -0.39 is 5.97 Å². The maximum absolute atomic E-state index is 12.8. The van der Waals surface area contributed by atoms with E-state index in [2.05, 4.69) is 16.6 Å². The Hall–Kier alpha value is -1.92. The van der Waals surface area contributed by atoms with Crippen LogP contribution in [0.4, 0.5) is 0 Å². The quantitative estimate of drug-likeness (QED) is 0.502. The molecule has 2 rings (SSSR count). The Balaban J connectivity index is 2.16. The van der Waals surface area contributed by atoms with Gasteiger partial charge in [0, 0.05) is 22.5 Å². The summed E-state index contributed by atoms with van der Waals surface area (Å²) in [5, 5.41) is 2.88. The van der Waals surface area contributed by atoms with Gasteiger partial charge in [0.2, 0.25) is 0 Å². The zero-order chi connectivity index (χ0) is 18.2. The Morgan fingerprint density at radius 1 is 1.32 bits per heavy atom. The monoisotopic (exact) mass is 380 g/mol. The van der Waals surface area contributed by atoms with E-state index in [1.807, 2.05) is 0 Å². The van der Waals surface area contributed by atoms with Crippen molar-refractivity contribution < 1.29 is 14.3 Å². The lowest BCUT2D eigenvalue weighted by Crippen LogP contribution is -2.31. The number of carbonyl (C=O) groups is 2. The molecule has 0 spiro atoms. The first-order valence-corrected chi connectivity index (χ1v) is 9.38. The third kappa shape index (κ3) is 5.54. The van der Waals surface area contributed by atoms with E-state index in [1.54, 1.807) is 34.5 Å². The molecule has 0 radical (unpaired) electrons. The molecule has 0 bridgehead atoms. The van der Waals surface area contributed by atoms with Gasteiger partial charge in [0.05, 0.1) is 13.7 Å². The SMILES string of the molecule is CCCCCN(Cc1nc(C(=O)OC)cs1)C(=O)c1cccc(Cl)c1. The lowest BCUT2D eigenvalue weighted by atomic mass is 10.2. The summed E-state index contributed by atoms with van der Waals surface area (Å²) in [5.41, 5.74) is 0.819. The van der Waals surface area contributed by atoms with Gasteiger partial charge >= 0.3 is 5.97 Å². The molecule has 0 saturated carbocycles. The van der Waals surface area contributed by atoms with Crippen LogP contribution in [0, 0.1) is 0 Å². The summed E-state index contributed by atoms with van der Waals surface area (Å²) in [5.74, 6) is -0.561. The largest absolute Gasteiger partial charge is 0.464 e. The first kappa shape index (κ1) is 19.4. The van der Waals surface area contributed by atoms with Gasteiger partial charge in [-0.1, -0.05) is 37.4 Å². The van der Waals surface area contributed by atoms with Crippen LogP contribution >= 0.6 is 22.9 Å². The number of unbranched alkanes of at least 4 members (excludes halogenated alkanes) is 2. The fourth-order valence-electron chi connectivity index (χ4n) is 2.35. The number of nitrogens with zero attached hydrogens (tertiary/aromatic N) is 2. The number of halogens is 1. The number of rotatable bonds is 8. The van der Waals surface area contributed by atoms with Crippen LogP contribution in [0.5, 0.6) is 0 Å². The van der Waals surface area contributed by atoms with Crippen molar-refractivity contribution in [3.05, 3.63) is 50.9 Å². The number of aromatic nitrogens is 1. The fraction of sp³-hybridized carbons (Fsp3) is 0.389. The van der Waals surface area contributed by atoms with E-state index in [9.17, 15) is 9.59 Å². The van der Waals surface area contributed by atoms with Crippen LogP contribution in [0.15, 0.2) is 29.6 Å². The van der Waals surface area contributed by atoms with Crippen LogP contribution in [0.25, 0.3) is 0 Å². The molecular formula is C18H21ClN2O3S. The van der Waals surface area contributed by atoms with Gasteiger partial charge in [-0.15, -0.1) is 11.3 Å². The minimum absolute atomic E-state index is 0.0894. The van der Waals surface area contributed by atoms with Crippen LogP contribution in [0.2, 0.25) is 5.02 Å². The number of hydrogen-bond donors (Lipinski definition) is 0. The second-order valence-corrected chi connectivity index (χ2v) is 6.94. The molecule has 7 heteroatoms. The first-order valence-electron chi connectivity index (χ1n) is 8.12. The molecule has 25 heavy (non-hydrogen) atoms. The van der Waals surface area contributed by atoms with Gasteiger partial charge in [-0.05, 0) is 24.6 Å². The van der Waals surface area contributed by atoms with Crippen molar-refractivity contribution in [2.75, 3.05) is 13.7 Å². The Bertz CT molecular complexity index is 733. The molecule has 0 aliphatic rings. The predicted molar refractivity (Wildman–Crippen MR) is 99.2 cm³/mol. The standard InChI is InChI=1S/C18H21ClN2O3S/c1-3-4-5-9-21(17(22)13-7-6-8-14(19)10-13)11-16-20-15(12-25-16)18(23)24-2/h6-8,10,12H,3-5,9,11H2,1-2H3. The van der Waals surface area contributed by atoms with E-state index in [0.29, 0.717) is 28.7 Å². The molecule has 0 saturated heterocycles. The van der Waals surface area contributed by atoms with E-state index in [0.717, 1.165) is 19.3 Å². The number of thiazole rings is 1. The molecule has 1 amide bonds. The molecule has 1 heterocycles. The summed E-state index contributed by atoms with van der Waals surface area (Å²) in [4.78, 5) is 30.4. The molecule has 0 aliphatic heterocycles. The molecule has 0 aliphatic carbocycles. The maximum Gasteiger partial charge on any atom is 0.357 e. The van der Waals surface area contributed by atoms with Gasteiger partial charge in [0.1, 0.15) is 5.01 Å². The summed E-state index contributed by atoms with van der Waals surface area (Å²) in [6, 6.07) is 6.92. The highest BCUT2D eigenvalue weighted by Gasteiger charge is 2.19. The normalized spacial score (nSPS) is 10.5. The number of ether oxygens (including phenoxy) is 1. The number of carbonyl (C=O) groups excluding carboxylic acids is 2. The molecule has 0 fully saturated rings. The topological polar surface area (TPSA) is 59.5 Å². The second-order valence-electron chi connectivity index (χ2n) is 5.56. The molecule has 2 aromatic rings. The highest BCUT2D eigenvalue weighted by atomic mass is 35.5. The van der Waals surface area contributed by atoms with Crippen molar-refractivity contribution in [2.45, 2.75) is 32.7 Å². The van der Waals surface area contributed by atoms with Crippen LogP contribution in [0.1, 0.15) is 52.0 Å². The van der Waals surface area contributed by atoms with Crippen molar-refractivity contribution in [1.29, 1.82) is 0 Å².